The molecule has 0 amide bonds. The van der Waals surface area contributed by atoms with Gasteiger partial charge in [0.05, 0.1) is 5.39 Å². The zero-order valence-corrected chi connectivity index (χ0v) is 13.8. The molecule has 24 heavy (non-hydrogen) atoms. The van der Waals surface area contributed by atoms with Crippen molar-refractivity contribution in [3.8, 4) is 0 Å². The molecule has 0 aliphatic carbocycles. The fraction of sp³-hybridized carbons (Fsp3) is 0.250. The summed E-state index contributed by atoms with van der Waals surface area (Å²) in [4.78, 5) is 17.2. The Kier molecular flexibility index (Phi) is 4.65. The zero-order chi connectivity index (χ0) is 17.1. The zero-order valence-electron chi connectivity index (χ0n) is 13.8. The van der Waals surface area contributed by atoms with Gasteiger partial charge >= 0.3 is 0 Å². The Hall–Kier alpha value is -2.62. The van der Waals surface area contributed by atoms with Gasteiger partial charge in [-0.1, -0.05) is 30.9 Å². The van der Waals surface area contributed by atoms with Crippen LogP contribution in [0.15, 0.2) is 59.6 Å². The number of H-pyrrole nitrogens is 1. The maximum absolute atomic E-state index is 13.5. The molecular weight excluding hydrogens is 303 g/mol. The smallest absolute Gasteiger partial charge is 0.256 e. The number of aromatic amines is 1. The van der Waals surface area contributed by atoms with E-state index < -0.39 is 5.82 Å². The van der Waals surface area contributed by atoms with Crippen molar-refractivity contribution in [2.45, 2.75) is 26.3 Å². The highest BCUT2D eigenvalue weighted by molar-refractivity contribution is 5.85. The Balaban J connectivity index is 2.03. The minimum absolute atomic E-state index is 0.252. The highest BCUT2D eigenvalue weighted by Crippen LogP contribution is 2.23. The number of halogens is 1. The third-order valence-corrected chi connectivity index (χ3v) is 4.39. The van der Waals surface area contributed by atoms with Gasteiger partial charge in [-0.25, -0.2) is 4.39 Å². The number of pyridine rings is 1. The highest BCUT2D eigenvalue weighted by Gasteiger charge is 2.14. The first-order valence-corrected chi connectivity index (χ1v) is 8.14. The molecule has 2 heterocycles. The molecule has 1 aromatic carbocycles. The van der Waals surface area contributed by atoms with Gasteiger partial charge in [-0.3, -0.25) is 4.79 Å². The van der Waals surface area contributed by atoms with E-state index in [4.69, 9.17) is 0 Å². The summed E-state index contributed by atoms with van der Waals surface area (Å²) in [6, 6.07) is 4.40. The maximum atomic E-state index is 13.5. The van der Waals surface area contributed by atoms with Crippen LogP contribution in [0.4, 0.5) is 4.39 Å². The molecule has 0 atom stereocenters. The average Bonchev–Trinajstić information content (AvgIpc) is 2.64. The summed E-state index contributed by atoms with van der Waals surface area (Å²) >= 11 is 0. The number of nitrogens with zero attached hydrogens (tertiary/aromatic N) is 1. The standard InChI is InChI=1S/C20H21FN2O/c1-14-8-6-4-3-5-7-11-23(14)13-19-15(2)22-20(24)18-12-16(21)9-10-17(18)19/h3-4,6,8-10,12H,1,5,7,11,13H2,2H3,(H,22,24)/b4-3-,8-6-. The SMILES string of the molecule is C=C1/C=C\C=C/CCCN1Cc1c(C)[nH]c(=O)c2cc(F)ccc12. The predicted octanol–water partition coefficient (Wildman–Crippen LogP) is 4.20. The Labute approximate surface area is 140 Å². The van der Waals surface area contributed by atoms with Crippen molar-refractivity contribution in [3.05, 3.63) is 82.2 Å². The first-order valence-electron chi connectivity index (χ1n) is 8.14. The normalized spacial score (nSPS) is 18.1. The third-order valence-electron chi connectivity index (χ3n) is 4.39. The molecule has 3 rings (SSSR count). The number of benzene rings is 1. The van der Waals surface area contributed by atoms with Crippen LogP contribution in [-0.2, 0) is 6.54 Å². The van der Waals surface area contributed by atoms with Gasteiger partial charge in [0.2, 0.25) is 0 Å². The quantitative estimate of drug-likeness (QED) is 0.899. The topological polar surface area (TPSA) is 36.1 Å². The molecule has 124 valence electrons. The summed E-state index contributed by atoms with van der Waals surface area (Å²) in [5.41, 5.74) is 2.50. The lowest BCUT2D eigenvalue weighted by Gasteiger charge is -2.26. The Morgan fingerprint density at radius 2 is 2.12 bits per heavy atom. The van der Waals surface area contributed by atoms with Crippen LogP contribution in [0.1, 0.15) is 24.1 Å². The van der Waals surface area contributed by atoms with Crippen LogP contribution in [0.5, 0.6) is 0 Å². The number of allylic oxidation sites excluding steroid dienone is 4. The molecule has 0 fully saturated rings. The number of hydrogen-bond acceptors (Lipinski definition) is 2. The number of fused-ring (bicyclic) bond motifs is 1. The van der Waals surface area contributed by atoms with E-state index in [1.54, 1.807) is 6.07 Å². The van der Waals surface area contributed by atoms with E-state index >= 15 is 0 Å². The average molecular weight is 324 g/mol. The van der Waals surface area contributed by atoms with E-state index in [0.29, 0.717) is 11.9 Å². The summed E-state index contributed by atoms with van der Waals surface area (Å²) in [6.45, 7) is 7.55. The van der Waals surface area contributed by atoms with Crippen LogP contribution < -0.4 is 5.56 Å². The fourth-order valence-corrected chi connectivity index (χ4v) is 3.05. The molecule has 4 heteroatoms. The first kappa shape index (κ1) is 16.2. The van der Waals surface area contributed by atoms with Crippen molar-refractivity contribution >= 4 is 10.8 Å². The van der Waals surface area contributed by atoms with E-state index in [0.717, 1.165) is 41.7 Å². The summed E-state index contributed by atoms with van der Waals surface area (Å²) in [6.07, 6.45) is 10.2. The van der Waals surface area contributed by atoms with Gasteiger partial charge in [0.15, 0.2) is 0 Å². The highest BCUT2D eigenvalue weighted by atomic mass is 19.1. The minimum Gasteiger partial charge on any atom is -0.368 e. The van der Waals surface area contributed by atoms with Crippen LogP contribution in [0.2, 0.25) is 0 Å². The first-order chi connectivity index (χ1) is 11.6. The van der Waals surface area contributed by atoms with Gasteiger partial charge in [-0.2, -0.15) is 0 Å². The van der Waals surface area contributed by atoms with Gasteiger partial charge in [0.1, 0.15) is 5.82 Å². The van der Waals surface area contributed by atoms with E-state index in [1.807, 2.05) is 25.2 Å². The Morgan fingerprint density at radius 3 is 2.96 bits per heavy atom. The van der Waals surface area contributed by atoms with Crippen molar-refractivity contribution in [1.29, 1.82) is 0 Å². The molecule has 0 bridgehead atoms. The molecule has 0 spiro atoms. The number of nitrogens with one attached hydrogen (secondary N) is 1. The number of aromatic nitrogens is 1. The minimum atomic E-state index is -0.399. The van der Waals surface area contributed by atoms with Gasteiger partial charge in [0.25, 0.3) is 5.56 Å². The van der Waals surface area contributed by atoms with E-state index in [2.05, 4.69) is 22.5 Å². The maximum Gasteiger partial charge on any atom is 0.256 e. The fourth-order valence-electron chi connectivity index (χ4n) is 3.05. The van der Waals surface area contributed by atoms with Gasteiger partial charge in [-0.05, 0) is 48.9 Å². The van der Waals surface area contributed by atoms with Crippen molar-refractivity contribution in [3.63, 3.8) is 0 Å². The molecule has 0 saturated carbocycles. The van der Waals surface area contributed by atoms with Crippen LogP contribution in [0.3, 0.4) is 0 Å². The van der Waals surface area contributed by atoms with Crippen molar-refractivity contribution in [1.82, 2.24) is 9.88 Å². The van der Waals surface area contributed by atoms with Crippen LogP contribution in [-0.4, -0.2) is 16.4 Å². The summed E-state index contributed by atoms with van der Waals surface area (Å²) < 4.78 is 13.5. The second-order valence-corrected chi connectivity index (χ2v) is 6.09. The summed E-state index contributed by atoms with van der Waals surface area (Å²) in [5, 5.41) is 1.19. The van der Waals surface area contributed by atoms with Crippen molar-refractivity contribution in [2.75, 3.05) is 6.54 Å². The van der Waals surface area contributed by atoms with Crippen molar-refractivity contribution in [2.24, 2.45) is 0 Å². The number of rotatable bonds is 2. The Bertz CT molecular complexity index is 892. The molecule has 1 aromatic heterocycles. The lowest BCUT2D eigenvalue weighted by atomic mass is 10.0. The van der Waals surface area contributed by atoms with E-state index in [1.165, 1.54) is 12.1 Å². The Morgan fingerprint density at radius 1 is 1.29 bits per heavy atom. The van der Waals surface area contributed by atoms with E-state index in [-0.39, 0.29) is 5.56 Å². The molecule has 0 unspecified atom stereocenters. The molecule has 0 radical (unpaired) electrons. The monoisotopic (exact) mass is 324 g/mol. The van der Waals surface area contributed by atoms with Crippen LogP contribution in [0, 0.1) is 12.7 Å². The van der Waals surface area contributed by atoms with Gasteiger partial charge in [0, 0.05) is 24.5 Å². The molecule has 1 N–H and O–H groups in total. The second-order valence-electron chi connectivity index (χ2n) is 6.09. The molecule has 1 aliphatic heterocycles. The van der Waals surface area contributed by atoms with E-state index in [9.17, 15) is 9.18 Å². The molecule has 3 nitrogen and oxygen atoms in total. The molecule has 0 saturated heterocycles. The van der Waals surface area contributed by atoms with Gasteiger partial charge in [-0.15, -0.1) is 0 Å². The number of hydrogen-bond donors (Lipinski definition) is 1. The lowest BCUT2D eigenvalue weighted by molar-refractivity contribution is 0.344. The van der Waals surface area contributed by atoms with Crippen LogP contribution >= 0.6 is 0 Å². The lowest BCUT2D eigenvalue weighted by Crippen LogP contribution is -2.24. The summed E-state index contributed by atoms with van der Waals surface area (Å²) in [7, 11) is 0. The predicted molar refractivity (Wildman–Crippen MR) is 96.3 cm³/mol. The third kappa shape index (κ3) is 3.32. The second kappa shape index (κ2) is 6.87. The molecular formula is C20H21FN2O. The summed E-state index contributed by atoms with van der Waals surface area (Å²) in [5.74, 6) is -0.399. The number of aryl methyl sites for hydroxylation is 1. The molecule has 1 aliphatic rings. The largest absolute Gasteiger partial charge is 0.368 e. The van der Waals surface area contributed by atoms with Crippen LogP contribution in [0.25, 0.3) is 10.8 Å². The van der Waals surface area contributed by atoms with Crippen molar-refractivity contribution < 1.29 is 4.39 Å². The molecule has 2 aromatic rings. The van der Waals surface area contributed by atoms with Gasteiger partial charge < -0.3 is 9.88 Å².